The molecule has 3 atom stereocenters. The number of aryl methyl sites for hydroxylation is 3. The number of hydrogen-bond acceptors (Lipinski definition) is 5. The fourth-order valence-electron chi connectivity index (χ4n) is 6.60. The highest BCUT2D eigenvalue weighted by Gasteiger charge is 2.44. The third-order valence-corrected chi connectivity index (χ3v) is 8.40. The smallest absolute Gasteiger partial charge is 0.340 e. The zero-order valence-electron chi connectivity index (χ0n) is 20.0. The summed E-state index contributed by atoms with van der Waals surface area (Å²) in [5, 5.41) is 1.85. The van der Waals surface area contributed by atoms with Gasteiger partial charge in [0.1, 0.15) is 11.2 Å². The minimum atomic E-state index is -0.453. The summed E-state index contributed by atoms with van der Waals surface area (Å²) in [7, 11) is 0. The summed E-state index contributed by atoms with van der Waals surface area (Å²) in [5.41, 5.74) is 3.86. The molecule has 0 unspecified atom stereocenters. The highest BCUT2D eigenvalue weighted by molar-refractivity contribution is 6.00. The van der Waals surface area contributed by atoms with Crippen molar-refractivity contribution in [2.24, 2.45) is 11.8 Å². The lowest BCUT2D eigenvalue weighted by molar-refractivity contribution is -0.148. The Labute approximate surface area is 197 Å². The third-order valence-electron chi connectivity index (χ3n) is 8.40. The van der Waals surface area contributed by atoms with Crippen molar-refractivity contribution in [1.29, 1.82) is 0 Å². The van der Waals surface area contributed by atoms with Crippen molar-refractivity contribution in [3.05, 3.63) is 45.0 Å². The highest BCUT2D eigenvalue weighted by atomic mass is 16.4. The Balaban J connectivity index is 1.30. The van der Waals surface area contributed by atoms with Gasteiger partial charge in [-0.3, -0.25) is 9.59 Å². The van der Waals surface area contributed by atoms with Crippen LogP contribution in [0.5, 0.6) is 0 Å². The maximum absolute atomic E-state index is 13.4. The van der Waals surface area contributed by atoms with E-state index >= 15 is 0 Å². The summed E-state index contributed by atoms with van der Waals surface area (Å²) in [6.45, 7) is 7.85. The molecule has 5 heterocycles. The Bertz CT molecular complexity index is 1400. The van der Waals surface area contributed by atoms with E-state index in [1.54, 1.807) is 6.26 Å². The first-order chi connectivity index (χ1) is 16.3. The Kier molecular flexibility index (Phi) is 4.87. The van der Waals surface area contributed by atoms with Gasteiger partial charge in [-0.2, -0.15) is 0 Å². The molecule has 3 fully saturated rings. The largest absolute Gasteiger partial charge is 0.464 e. The zero-order chi connectivity index (χ0) is 23.7. The van der Waals surface area contributed by atoms with E-state index in [9.17, 15) is 14.4 Å². The number of amides is 2. The Morgan fingerprint density at radius 3 is 2.71 bits per heavy atom. The van der Waals surface area contributed by atoms with Gasteiger partial charge < -0.3 is 18.6 Å². The molecule has 2 amide bonds. The van der Waals surface area contributed by atoms with E-state index in [2.05, 4.69) is 4.90 Å². The van der Waals surface area contributed by atoms with E-state index in [1.165, 1.54) is 0 Å². The summed E-state index contributed by atoms with van der Waals surface area (Å²) < 4.78 is 11.4. The predicted molar refractivity (Wildman–Crippen MR) is 128 cm³/mol. The molecule has 3 aliphatic heterocycles. The minimum absolute atomic E-state index is 0.0303. The molecule has 2 aromatic heterocycles. The Hall–Kier alpha value is -3.09. The molecule has 3 aliphatic rings. The molecule has 3 saturated heterocycles. The first-order valence-electron chi connectivity index (χ1n) is 12.3. The summed E-state index contributed by atoms with van der Waals surface area (Å²) >= 11 is 0. The molecule has 7 nitrogen and oxygen atoms in total. The lowest BCUT2D eigenvalue weighted by Gasteiger charge is -2.52. The van der Waals surface area contributed by atoms with Gasteiger partial charge in [0.15, 0.2) is 0 Å². The number of likely N-dealkylation sites (tertiary alicyclic amines) is 1. The van der Waals surface area contributed by atoms with Crippen LogP contribution in [0.1, 0.15) is 47.9 Å². The van der Waals surface area contributed by atoms with Crippen LogP contribution < -0.4 is 5.63 Å². The highest BCUT2D eigenvalue weighted by Crippen LogP contribution is 2.38. The van der Waals surface area contributed by atoms with Crippen molar-refractivity contribution in [2.45, 2.75) is 58.9 Å². The second-order valence-corrected chi connectivity index (χ2v) is 10.5. The summed E-state index contributed by atoms with van der Waals surface area (Å²) in [4.78, 5) is 42.8. The van der Waals surface area contributed by atoms with Gasteiger partial charge in [0.05, 0.1) is 18.2 Å². The summed E-state index contributed by atoms with van der Waals surface area (Å²) in [6, 6.07) is 2.26. The van der Waals surface area contributed by atoms with Gasteiger partial charge in [-0.15, -0.1) is 0 Å². The van der Waals surface area contributed by atoms with Gasteiger partial charge in [-0.1, -0.05) is 0 Å². The average molecular weight is 463 g/mol. The molecule has 0 saturated carbocycles. The minimum Gasteiger partial charge on any atom is -0.464 e. The van der Waals surface area contributed by atoms with Gasteiger partial charge in [0.2, 0.25) is 11.8 Å². The van der Waals surface area contributed by atoms with E-state index in [1.807, 2.05) is 31.7 Å². The van der Waals surface area contributed by atoms with Gasteiger partial charge in [-0.25, -0.2) is 4.79 Å². The van der Waals surface area contributed by atoms with Crippen molar-refractivity contribution in [2.75, 3.05) is 19.6 Å². The second kappa shape index (κ2) is 7.72. The molecule has 178 valence electrons. The standard InChI is InChI=1S/C27H30N2O5/c1-14-13-33-25-16(3)26-20(8-19(14)25)15(2)21(27(32)34-26)9-24(31)28-10-17-7-18(12-28)22-5-4-6-23(30)29(22)11-17/h8,13,17-18,22H,4-7,9-12H2,1-3H3/t17-,18+,22+/m1/s1. The van der Waals surface area contributed by atoms with Gasteiger partial charge >= 0.3 is 5.63 Å². The fraction of sp³-hybridized carbons (Fsp3) is 0.519. The van der Waals surface area contributed by atoms with Crippen molar-refractivity contribution in [3.8, 4) is 0 Å². The SMILES string of the molecule is Cc1coc2c(C)c3oc(=O)c(CC(=O)N4C[C@H]5C[C@@H](C4)[C@@H]4CCCC(=O)N4C5)c(C)c3cc12. The van der Waals surface area contributed by atoms with Crippen LogP contribution in [-0.2, 0) is 16.0 Å². The molecule has 1 aromatic carbocycles. The normalized spacial score (nSPS) is 24.7. The van der Waals surface area contributed by atoms with Crippen LogP contribution in [0.15, 0.2) is 26.0 Å². The molecule has 2 bridgehead atoms. The van der Waals surface area contributed by atoms with Crippen LogP contribution in [0, 0.1) is 32.6 Å². The topological polar surface area (TPSA) is 84.0 Å². The van der Waals surface area contributed by atoms with Crippen molar-refractivity contribution < 1.29 is 18.4 Å². The van der Waals surface area contributed by atoms with Crippen molar-refractivity contribution in [3.63, 3.8) is 0 Å². The van der Waals surface area contributed by atoms with E-state index in [4.69, 9.17) is 8.83 Å². The number of hydrogen-bond donors (Lipinski definition) is 0. The molecular weight excluding hydrogens is 432 g/mol. The van der Waals surface area contributed by atoms with Crippen LogP contribution >= 0.6 is 0 Å². The predicted octanol–water partition coefficient (Wildman–Crippen LogP) is 3.87. The Morgan fingerprint density at radius 1 is 1.06 bits per heavy atom. The summed E-state index contributed by atoms with van der Waals surface area (Å²) in [6.07, 6.45) is 5.45. The van der Waals surface area contributed by atoms with Crippen LogP contribution in [0.4, 0.5) is 0 Å². The number of carbonyl (C=O) groups is 2. The number of benzene rings is 1. The summed E-state index contributed by atoms with van der Waals surface area (Å²) in [5.74, 6) is 0.884. The Morgan fingerprint density at radius 2 is 1.88 bits per heavy atom. The monoisotopic (exact) mass is 462 g/mol. The lowest BCUT2D eigenvalue weighted by atomic mass is 9.76. The average Bonchev–Trinajstić information content (AvgIpc) is 3.19. The maximum Gasteiger partial charge on any atom is 0.340 e. The number of nitrogens with zero attached hydrogens (tertiary/aromatic N) is 2. The number of fused-ring (bicyclic) bond motifs is 6. The van der Waals surface area contributed by atoms with Crippen LogP contribution in [0.25, 0.3) is 21.9 Å². The second-order valence-electron chi connectivity index (χ2n) is 10.5. The molecule has 0 radical (unpaired) electrons. The lowest BCUT2D eigenvalue weighted by Crippen LogP contribution is -2.61. The molecule has 7 heteroatoms. The number of piperidine rings is 3. The molecule has 6 rings (SSSR count). The van der Waals surface area contributed by atoms with Crippen LogP contribution in [0.3, 0.4) is 0 Å². The molecule has 34 heavy (non-hydrogen) atoms. The van der Waals surface area contributed by atoms with Gasteiger partial charge in [0, 0.05) is 48.4 Å². The molecule has 3 aromatic rings. The fourth-order valence-corrected chi connectivity index (χ4v) is 6.60. The first-order valence-corrected chi connectivity index (χ1v) is 12.3. The van der Waals surface area contributed by atoms with Gasteiger partial charge in [0.25, 0.3) is 0 Å². The number of furan rings is 1. The van der Waals surface area contributed by atoms with Crippen LogP contribution in [0.2, 0.25) is 0 Å². The van der Waals surface area contributed by atoms with Crippen LogP contribution in [-0.4, -0.2) is 47.3 Å². The number of carbonyl (C=O) groups excluding carboxylic acids is 2. The quantitative estimate of drug-likeness (QED) is 0.540. The van der Waals surface area contributed by atoms with Crippen molar-refractivity contribution in [1.82, 2.24) is 9.80 Å². The molecule has 0 N–H and O–H groups in total. The zero-order valence-corrected chi connectivity index (χ0v) is 20.0. The van der Waals surface area contributed by atoms with E-state index in [0.717, 1.165) is 58.9 Å². The molecule has 0 aliphatic carbocycles. The third kappa shape index (κ3) is 3.20. The van der Waals surface area contributed by atoms with E-state index < -0.39 is 5.63 Å². The van der Waals surface area contributed by atoms with E-state index in [0.29, 0.717) is 42.5 Å². The molecule has 0 spiro atoms. The molecular formula is C27H30N2O5. The number of rotatable bonds is 2. The van der Waals surface area contributed by atoms with Gasteiger partial charge in [-0.05, 0) is 69.1 Å². The van der Waals surface area contributed by atoms with Crippen molar-refractivity contribution >= 4 is 33.8 Å². The maximum atomic E-state index is 13.4. The first kappa shape index (κ1) is 21.4. The van der Waals surface area contributed by atoms with E-state index in [-0.39, 0.29) is 24.3 Å².